The summed E-state index contributed by atoms with van der Waals surface area (Å²) in [6, 6.07) is 19.0. The smallest absolute Gasteiger partial charge is 0.122 e. The highest BCUT2D eigenvalue weighted by molar-refractivity contribution is 5.37. The maximum atomic E-state index is 6.24. The van der Waals surface area contributed by atoms with Crippen LogP contribution < -0.4 is 4.74 Å². The van der Waals surface area contributed by atoms with Crippen molar-refractivity contribution in [3.8, 4) is 5.75 Å². The van der Waals surface area contributed by atoms with Gasteiger partial charge in [-0.25, -0.2) is 0 Å². The number of para-hydroxylation sites is 1. The molecule has 1 aliphatic rings. The molecule has 3 rings (SSSR count). The van der Waals surface area contributed by atoms with Crippen LogP contribution in [0, 0.1) is 5.92 Å². The van der Waals surface area contributed by atoms with Crippen LogP contribution in [0.2, 0.25) is 0 Å². The first-order valence-electron chi connectivity index (χ1n) is 11.3. The highest BCUT2D eigenvalue weighted by Gasteiger charge is 2.28. The molecule has 1 saturated heterocycles. The van der Waals surface area contributed by atoms with E-state index in [1.54, 1.807) is 0 Å². The number of ether oxygens (including phenoxy) is 2. The fourth-order valence-electron chi connectivity index (χ4n) is 4.34. The molecule has 3 heteroatoms. The van der Waals surface area contributed by atoms with Gasteiger partial charge in [-0.15, -0.1) is 0 Å². The van der Waals surface area contributed by atoms with E-state index >= 15 is 0 Å². The number of likely N-dealkylation sites (tertiary alicyclic amines) is 1. The topological polar surface area (TPSA) is 21.7 Å². The molecule has 0 amide bonds. The van der Waals surface area contributed by atoms with E-state index < -0.39 is 0 Å². The van der Waals surface area contributed by atoms with Crippen LogP contribution in [0.4, 0.5) is 0 Å². The summed E-state index contributed by atoms with van der Waals surface area (Å²) in [5.74, 6) is 1.60. The van der Waals surface area contributed by atoms with Crippen molar-refractivity contribution >= 4 is 0 Å². The van der Waals surface area contributed by atoms with E-state index in [0.29, 0.717) is 12.0 Å². The maximum absolute atomic E-state index is 6.24. The Balaban J connectivity index is 1.48. The second-order valence-corrected chi connectivity index (χ2v) is 8.24. The monoisotopic (exact) mass is 395 g/mol. The molecule has 2 atom stereocenters. The van der Waals surface area contributed by atoms with Gasteiger partial charge in [-0.1, -0.05) is 68.3 Å². The van der Waals surface area contributed by atoms with Gasteiger partial charge < -0.3 is 14.4 Å². The van der Waals surface area contributed by atoms with Crippen LogP contribution in [-0.4, -0.2) is 44.4 Å². The molecule has 0 N–H and O–H groups in total. The SMILES string of the molecule is CCCCCN1CC[C@@H](CCOc2ccccc2Cc2ccccc2)[C@H](OC)C1. The Morgan fingerprint density at radius 3 is 2.59 bits per heavy atom. The number of unbranched alkanes of at least 4 members (excludes halogenated alkanes) is 2. The average molecular weight is 396 g/mol. The van der Waals surface area contributed by atoms with Gasteiger partial charge in [0, 0.05) is 20.1 Å². The van der Waals surface area contributed by atoms with Crippen LogP contribution in [0.1, 0.15) is 50.2 Å². The van der Waals surface area contributed by atoms with Crippen molar-refractivity contribution in [2.45, 2.75) is 51.6 Å². The minimum absolute atomic E-state index is 0.327. The molecule has 0 saturated carbocycles. The fraction of sp³-hybridized carbons (Fsp3) is 0.538. The van der Waals surface area contributed by atoms with Crippen LogP contribution in [0.5, 0.6) is 5.75 Å². The Morgan fingerprint density at radius 2 is 1.79 bits per heavy atom. The van der Waals surface area contributed by atoms with E-state index in [1.807, 2.05) is 7.11 Å². The second kappa shape index (κ2) is 12.0. The Bertz CT molecular complexity index is 703. The summed E-state index contributed by atoms with van der Waals surface area (Å²) in [5.41, 5.74) is 2.58. The van der Waals surface area contributed by atoms with Gasteiger partial charge >= 0.3 is 0 Å². The Morgan fingerprint density at radius 1 is 1.00 bits per heavy atom. The van der Waals surface area contributed by atoms with E-state index in [2.05, 4.69) is 66.4 Å². The molecular formula is C26H37NO2. The molecular weight excluding hydrogens is 358 g/mol. The second-order valence-electron chi connectivity index (χ2n) is 8.24. The summed E-state index contributed by atoms with van der Waals surface area (Å²) in [7, 11) is 1.86. The molecule has 1 heterocycles. The van der Waals surface area contributed by atoms with Gasteiger partial charge in [0.15, 0.2) is 0 Å². The van der Waals surface area contributed by atoms with Gasteiger partial charge in [0.25, 0.3) is 0 Å². The molecule has 0 aliphatic carbocycles. The summed E-state index contributed by atoms with van der Waals surface area (Å²) in [6.45, 7) is 6.49. The number of benzene rings is 2. The maximum Gasteiger partial charge on any atom is 0.122 e. The lowest BCUT2D eigenvalue weighted by atomic mass is 9.90. The average Bonchev–Trinajstić information content (AvgIpc) is 2.76. The zero-order valence-corrected chi connectivity index (χ0v) is 18.2. The highest BCUT2D eigenvalue weighted by atomic mass is 16.5. The number of hydrogen-bond donors (Lipinski definition) is 0. The number of rotatable bonds is 11. The summed E-state index contributed by atoms with van der Waals surface area (Å²) in [6.07, 6.45) is 7.42. The minimum atomic E-state index is 0.327. The molecule has 29 heavy (non-hydrogen) atoms. The molecule has 0 radical (unpaired) electrons. The third kappa shape index (κ3) is 6.87. The normalized spacial score (nSPS) is 19.9. The van der Waals surface area contributed by atoms with Gasteiger partial charge in [-0.3, -0.25) is 0 Å². The van der Waals surface area contributed by atoms with Crippen molar-refractivity contribution in [3.63, 3.8) is 0 Å². The molecule has 3 nitrogen and oxygen atoms in total. The first-order chi connectivity index (χ1) is 14.3. The van der Waals surface area contributed by atoms with E-state index in [4.69, 9.17) is 9.47 Å². The third-order valence-corrected chi connectivity index (χ3v) is 6.12. The minimum Gasteiger partial charge on any atom is -0.493 e. The van der Waals surface area contributed by atoms with E-state index in [1.165, 1.54) is 49.9 Å². The van der Waals surface area contributed by atoms with Gasteiger partial charge in [0.1, 0.15) is 5.75 Å². The Hall–Kier alpha value is -1.84. The van der Waals surface area contributed by atoms with Crippen molar-refractivity contribution < 1.29 is 9.47 Å². The molecule has 2 aromatic carbocycles. The zero-order chi connectivity index (χ0) is 20.3. The predicted octanol–water partition coefficient (Wildman–Crippen LogP) is 5.57. The third-order valence-electron chi connectivity index (χ3n) is 6.12. The zero-order valence-electron chi connectivity index (χ0n) is 18.2. The van der Waals surface area contributed by atoms with Crippen molar-refractivity contribution in [3.05, 3.63) is 65.7 Å². The summed E-state index contributed by atoms with van der Waals surface area (Å²) >= 11 is 0. The molecule has 0 bridgehead atoms. The quantitative estimate of drug-likeness (QED) is 0.464. The number of nitrogens with zero attached hydrogens (tertiary/aromatic N) is 1. The van der Waals surface area contributed by atoms with E-state index in [9.17, 15) is 0 Å². The Kier molecular flexibility index (Phi) is 9.04. The Labute approximate surface area is 177 Å². The first-order valence-corrected chi connectivity index (χ1v) is 11.3. The number of hydrogen-bond acceptors (Lipinski definition) is 3. The molecule has 2 aromatic rings. The van der Waals surface area contributed by atoms with Crippen molar-refractivity contribution in [2.75, 3.05) is 33.4 Å². The number of piperidine rings is 1. The van der Waals surface area contributed by atoms with Crippen molar-refractivity contribution in [1.82, 2.24) is 4.90 Å². The first kappa shape index (κ1) is 21.9. The van der Waals surface area contributed by atoms with Crippen molar-refractivity contribution in [2.24, 2.45) is 5.92 Å². The fourth-order valence-corrected chi connectivity index (χ4v) is 4.34. The van der Waals surface area contributed by atoms with Gasteiger partial charge in [0.05, 0.1) is 12.7 Å². The van der Waals surface area contributed by atoms with Crippen LogP contribution in [0.15, 0.2) is 54.6 Å². The predicted molar refractivity (Wildman–Crippen MR) is 121 cm³/mol. The summed E-state index contributed by atoms with van der Waals surface area (Å²) in [5, 5.41) is 0. The van der Waals surface area contributed by atoms with Crippen LogP contribution >= 0.6 is 0 Å². The van der Waals surface area contributed by atoms with Gasteiger partial charge in [-0.2, -0.15) is 0 Å². The largest absolute Gasteiger partial charge is 0.493 e. The van der Waals surface area contributed by atoms with Crippen LogP contribution in [0.25, 0.3) is 0 Å². The van der Waals surface area contributed by atoms with Gasteiger partial charge in [0.2, 0.25) is 0 Å². The lowest BCUT2D eigenvalue weighted by molar-refractivity contribution is -0.0180. The van der Waals surface area contributed by atoms with E-state index in [0.717, 1.165) is 31.7 Å². The number of methoxy groups -OCH3 is 1. The van der Waals surface area contributed by atoms with E-state index in [-0.39, 0.29) is 0 Å². The molecule has 1 fully saturated rings. The molecule has 0 aromatic heterocycles. The molecule has 1 aliphatic heterocycles. The highest BCUT2D eigenvalue weighted by Crippen LogP contribution is 2.26. The standard InChI is InChI=1S/C26H37NO2/c1-3-4-10-17-27-18-15-23(26(21-27)28-2)16-19-29-25-14-9-8-13-24(25)20-22-11-6-5-7-12-22/h5-9,11-14,23,26H,3-4,10,15-21H2,1-2H3/t23-,26+/m0/s1. The van der Waals surface area contributed by atoms with Gasteiger partial charge in [-0.05, 0) is 55.5 Å². The summed E-state index contributed by atoms with van der Waals surface area (Å²) in [4.78, 5) is 2.58. The lowest BCUT2D eigenvalue weighted by Gasteiger charge is -2.38. The molecule has 158 valence electrons. The molecule has 0 unspecified atom stereocenters. The van der Waals surface area contributed by atoms with Crippen LogP contribution in [0.3, 0.4) is 0 Å². The molecule has 0 spiro atoms. The summed E-state index contributed by atoms with van der Waals surface area (Å²) < 4.78 is 12.1. The lowest BCUT2D eigenvalue weighted by Crippen LogP contribution is -2.45. The van der Waals surface area contributed by atoms with Crippen molar-refractivity contribution in [1.29, 1.82) is 0 Å². The van der Waals surface area contributed by atoms with Crippen LogP contribution in [-0.2, 0) is 11.2 Å².